The predicted octanol–water partition coefficient (Wildman–Crippen LogP) is 1.89. The van der Waals surface area contributed by atoms with Crippen molar-refractivity contribution >= 4 is 28.2 Å². The number of halogens is 3. The van der Waals surface area contributed by atoms with E-state index in [0.29, 0.717) is 6.07 Å². The number of anilines is 1. The van der Waals surface area contributed by atoms with Gasteiger partial charge in [-0.1, -0.05) is 0 Å². The van der Waals surface area contributed by atoms with Gasteiger partial charge in [0.05, 0.1) is 10.6 Å². The van der Waals surface area contributed by atoms with Gasteiger partial charge < -0.3 is 5.73 Å². The van der Waals surface area contributed by atoms with Crippen LogP contribution in [0.4, 0.5) is 20.2 Å². The summed E-state index contributed by atoms with van der Waals surface area (Å²) in [5.41, 5.74) is 2.00. The van der Waals surface area contributed by atoms with Crippen molar-refractivity contribution in [1.29, 1.82) is 0 Å². The summed E-state index contributed by atoms with van der Waals surface area (Å²) in [5, 5.41) is 9.17. The second-order valence-corrected chi connectivity index (χ2v) is 3.01. The lowest BCUT2D eigenvalue weighted by molar-refractivity contribution is -0.385. The van der Waals surface area contributed by atoms with E-state index in [-0.39, 0.29) is 0 Å². The van der Waals surface area contributed by atoms with E-state index in [1.807, 2.05) is 0 Å². The highest BCUT2D eigenvalue weighted by molar-refractivity contribution is 6.67. The van der Waals surface area contributed by atoms with Gasteiger partial charge in [0.1, 0.15) is 5.69 Å². The van der Waals surface area contributed by atoms with E-state index in [0.717, 1.165) is 0 Å². The van der Waals surface area contributed by atoms with E-state index in [2.05, 4.69) is 4.98 Å². The Hall–Kier alpha value is -1.83. The smallest absolute Gasteiger partial charge is 0.302 e. The highest BCUT2D eigenvalue weighted by Crippen LogP contribution is 2.29. The molecule has 0 atom stereocenters. The number of hydrogen-bond donors (Lipinski definition) is 1. The van der Waals surface area contributed by atoms with E-state index in [1.165, 1.54) is 0 Å². The summed E-state index contributed by atoms with van der Waals surface area (Å²) in [7, 11) is 0. The molecule has 16 heavy (non-hydrogen) atoms. The quantitative estimate of drug-likeness (QED) is 0.502. The molecule has 2 N–H and O–H groups in total. The molecule has 0 aromatic carbocycles. The maximum atomic E-state index is 12.3. The average molecular weight is 252 g/mol. The van der Waals surface area contributed by atoms with E-state index in [9.17, 15) is 23.7 Å². The fraction of sp³-hybridized carbons (Fsp3) is 0.143. The number of carbonyl (C=O) groups excluding carboxylic acids is 1. The lowest BCUT2D eigenvalue weighted by Gasteiger charge is -2.05. The van der Waals surface area contributed by atoms with Crippen molar-refractivity contribution in [2.24, 2.45) is 0 Å². The van der Waals surface area contributed by atoms with Crippen LogP contribution in [0.25, 0.3) is 0 Å². The van der Waals surface area contributed by atoms with Crippen molar-refractivity contribution in [3.63, 3.8) is 0 Å². The molecule has 0 aliphatic rings. The maximum Gasteiger partial charge on any atom is 0.302 e. The molecule has 1 aromatic heterocycles. The van der Waals surface area contributed by atoms with Crippen LogP contribution in [0, 0.1) is 10.1 Å². The Kier molecular flexibility index (Phi) is 3.33. The molecular weight excluding hydrogens is 248 g/mol. The van der Waals surface area contributed by atoms with Gasteiger partial charge in [0.15, 0.2) is 0 Å². The van der Waals surface area contributed by atoms with E-state index in [1.54, 1.807) is 0 Å². The van der Waals surface area contributed by atoms with Gasteiger partial charge >= 0.3 is 5.69 Å². The average Bonchev–Trinajstić information content (AvgIpc) is 2.15. The minimum absolute atomic E-state index is 0.566. The normalized spacial score (nSPS) is 10.5. The lowest BCUT2D eigenvalue weighted by Crippen LogP contribution is -2.08. The Balaban J connectivity index is 3.49. The molecule has 0 saturated carbocycles. The van der Waals surface area contributed by atoms with Crippen LogP contribution in [0.1, 0.15) is 22.6 Å². The van der Waals surface area contributed by atoms with Crippen molar-refractivity contribution in [3.8, 4) is 0 Å². The Labute approximate surface area is 92.2 Å². The topological polar surface area (TPSA) is 99.1 Å². The molecule has 1 rings (SSSR count). The standard InChI is InChI=1S/C7H4ClF2N3O3/c8-6(14)5-3(13(15)16)1-2(11)4(12-5)7(9)10/h1,7H,11H2. The van der Waals surface area contributed by atoms with Gasteiger partial charge in [0, 0.05) is 6.07 Å². The van der Waals surface area contributed by atoms with E-state index in [4.69, 9.17) is 17.3 Å². The third kappa shape index (κ3) is 2.22. The number of nitrogens with zero attached hydrogens (tertiary/aromatic N) is 2. The molecule has 0 unspecified atom stereocenters. The van der Waals surface area contributed by atoms with Gasteiger partial charge in [-0.15, -0.1) is 0 Å². The largest absolute Gasteiger partial charge is 0.397 e. The summed E-state index contributed by atoms with van der Waals surface area (Å²) < 4.78 is 24.7. The van der Waals surface area contributed by atoms with Crippen molar-refractivity contribution in [3.05, 3.63) is 27.6 Å². The van der Waals surface area contributed by atoms with Crippen molar-refractivity contribution in [1.82, 2.24) is 4.98 Å². The zero-order valence-electron chi connectivity index (χ0n) is 7.49. The number of nitro groups is 1. The van der Waals surface area contributed by atoms with Gasteiger partial charge in [-0.05, 0) is 11.6 Å². The number of pyridine rings is 1. The molecule has 0 fully saturated rings. The van der Waals surface area contributed by atoms with Crippen molar-refractivity contribution < 1.29 is 18.5 Å². The summed E-state index contributed by atoms with van der Waals surface area (Å²) in [6, 6.07) is 0.629. The fourth-order valence-corrected chi connectivity index (χ4v) is 1.13. The Morgan fingerprint density at radius 1 is 1.62 bits per heavy atom. The Morgan fingerprint density at radius 3 is 2.56 bits per heavy atom. The first-order valence-corrected chi connectivity index (χ1v) is 4.15. The molecular formula is C7H4ClF2N3O3. The summed E-state index contributed by atoms with van der Waals surface area (Å²) in [6.07, 6.45) is -3.05. The molecule has 0 aliphatic heterocycles. The monoisotopic (exact) mass is 251 g/mol. The molecule has 1 aromatic rings. The Morgan fingerprint density at radius 2 is 2.19 bits per heavy atom. The predicted molar refractivity (Wildman–Crippen MR) is 50.4 cm³/mol. The molecule has 86 valence electrons. The maximum absolute atomic E-state index is 12.3. The van der Waals surface area contributed by atoms with E-state index >= 15 is 0 Å². The molecule has 1 heterocycles. The van der Waals surface area contributed by atoms with E-state index < -0.39 is 39.4 Å². The number of alkyl halides is 2. The third-order valence-corrected chi connectivity index (χ3v) is 1.83. The molecule has 0 amide bonds. The second kappa shape index (κ2) is 4.35. The first-order chi connectivity index (χ1) is 7.34. The van der Waals surface area contributed by atoms with Crippen LogP contribution in [0.15, 0.2) is 6.07 Å². The van der Waals surface area contributed by atoms with Crippen molar-refractivity contribution in [2.45, 2.75) is 6.43 Å². The molecule has 9 heteroatoms. The highest BCUT2D eigenvalue weighted by atomic mass is 35.5. The number of carbonyl (C=O) groups is 1. The number of nitrogen functional groups attached to an aromatic ring is 1. The first-order valence-electron chi connectivity index (χ1n) is 3.77. The second-order valence-electron chi connectivity index (χ2n) is 2.66. The Bertz CT molecular complexity index is 466. The van der Waals surface area contributed by atoms with Crippen LogP contribution in [0.2, 0.25) is 0 Å². The number of rotatable bonds is 3. The van der Waals surface area contributed by atoms with Gasteiger partial charge in [-0.2, -0.15) is 0 Å². The number of aromatic nitrogens is 1. The fourth-order valence-electron chi connectivity index (χ4n) is 0.990. The van der Waals surface area contributed by atoms with Gasteiger partial charge in [-0.25, -0.2) is 13.8 Å². The minimum Gasteiger partial charge on any atom is -0.397 e. The highest BCUT2D eigenvalue weighted by Gasteiger charge is 2.26. The summed E-state index contributed by atoms with van der Waals surface area (Å²) in [6.45, 7) is 0. The minimum atomic E-state index is -3.05. The van der Waals surface area contributed by atoms with Crippen LogP contribution in [0.3, 0.4) is 0 Å². The number of nitrogens with two attached hydrogens (primary N) is 1. The van der Waals surface area contributed by atoms with Crippen LogP contribution in [-0.2, 0) is 0 Å². The molecule has 0 aliphatic carbocycles. The molecule has 0 bridgehead atoms. The summed E-state index contributed by atoms with van der Waals surface area (Å²) in [4.78, 5) is 23.4. The zero-order valence-corrected chi connectivity index (χ0v) is 8.24. The summed E-state index contributed by atoms with van der Waals surface area (Å²) >= 11 is 4.99. The molecule has 6 nitrogen and oxygen atoms in total. The third-order valence-electron chi connectivity index (χ3n) is 1.65. The van der Waals surface area contributed by atoms with Gasteiger partial charge in [0.25, 0.3) is 11.7 Å². The van der Waals surface area contributed by atoms with Crippen LogP contribution in [0.5, 0.6) is 0 Å². The summed E-state index contributed by atoms with van der Waals surface area (Å²) in [5.74, 6) is 0. The molecule has 0 radical (unpaired) electrons. The molecule has 0 saturated heterocycles. The van der Waals surface area contributed by atoms with Crippen LogP contribution in [-0.4, -0.2) is 15.1 Å². The van der Waals surface area contributed by atoms with Crippen LogP contribution >= 0.6 is 11.6 Å². The lowest BCUT2D eigenvalue weighted by atomic mass is 10.2. The molecule has 0 spiro atoms. The van der Waals surface area contributed by atoms with Gasteiger partial charge in [0.2, 0.25) is 5.69 Å². The number of hydrogen-bond acceptors (Lipinski definition) is 5. The zero-order chi connectivity index (χ0) is 12.5. The van der Waals surface area contributed by atoms with Crippen LogP contribution < -0.4 is 5.73 Å². The SMILES string of the molecule is Nc1cc([N+](=O)[O-])c(C(=O)Cl)nc1C(F)F. The van der Waals surface area contributed by atoms with Gasteiger partial charge in [-0.3, -0.25) is 14.9 Å². The van der Waals surface area contributed by atoms with Crippen molar-refractivity contribution in [2.75, 3.05) is 5.73 Å². The first kappa shape index (κ1) is 12.2.